The van der Waals surface area contributed by atoms with Gasteiger partial charge in [-0.05, 0) is 42.8 Å². The van der Waals surface area contributed by atoms with Crippen LogP contribution in [0.2, 0.25) is 0 Å². The first-order chi connectivity index (χ1) is 8.47. The third-order valence-corrected chi connectivity index (χ3v) is 2.66. The predicted octanol–water partition coefficient (Wildman–Crippen LogP) is 4.32. The van der Waals surface area contributed by atoms with Crippen LogP contribution >= 0.6 is 0 Å². The Kier molecular flexibility index (Phi) is 3.28. The minimum absolute atomic E-state index is 0.198. The van der Waals surface area contributed by atoms with Crippen LogP contribution < -0.4 is 5.73 Å². The van der Waals surface area contributed by atoms with Gasteiger partial charge in [0.25, 0.3) is 6.43 Å². The van der Waals surface area contributed by atoms with Gasteiger partial charge in [0.05, 0.1) is 0 Å². The molecule has 4 heteroatoms. The lowest BCUT2D eigenvalue weighted by atomic mass is 10.00. The molecule has 0 saturated carbocycles. The molecule has 2 aromatic carbocycles. The molecule has 0 atom stereocenters. The molecule has 0 saturated heterocycles. The predicted molar refractivity (Wildman–Crippen MR) is 65.9 cm³/mol. The van der Waals surface area contributed by atoms with Crippen LogP contribution in [0, 0.1) is 12.7 Å². The number of aryl methyl sites for hydroxylation is 1. The number of anilines is 1. The number of benzene rings is 2. The Morgan fingerprint density at radius 1 is 1.06 bits per heavy atom. The van der Waals surface area contributed by atoms with Crippen molar-refractivity contribution in [3.05, 3.63) is 53.3 Å². The first-order valence-electron chi connectivity index (χ1n) is 5.42. The van der Waals surface area contributed by atoms with E-state index in [9.17, 15) is 13.2 Å². The number of halogens is 3. The quantitative estimate of drug-likeness (QED) is 0.790. The van der Waals surface area contributed by atoms with Gasteiger partial charge in [-0.1, -0.05) is 11.6 Å². The molecular formula is C14H12F3N. The summed E-state index contributed by atoms with van der Waals surface area (Å²) in [5, 5.41) is 0. The molecule has 2 rings (SSSR count). The van der Waals surface area contributed by atoms with Crippen molar-refractivity contribution in [2.24, 2.45) is 0 Å². The van der Waals surface area contributed by atoms with Crippen LogP contribution in [0.25, 0.3) is 11.1 Å². The summed E-state index contributed by atoms with van der Waals surface area (Å²) in [5.41, 5.74) is 7.06. The largest absolute Gasteiger partial charge is 0.399 e. The zero-order chi connectivity index (χ0) is 13.3. The van der Waals surface area contributed by atoms with E-state index in [1.165, 1.54) is 24.3 Å². The van der Waals surface area contributed by atoms with Gasteiger partial charge in [-0.2, -0.15) is 0 Å². The Hall–Kier alpha value is -1.97. The zero-order valence-corrected chi connectivity index (χ0v) is 9.75. The summed E-state index contributed by atoms with van der Waals surface area (Å²) in [7, 11) is 0. The van der Waals surface area contributed by atoms with E-state index in [1.807, 2.05) is 6.92 Å². The Morgan fingerprint density at radius 3 is 2.44 bits per heavy atom. The van der Waals surface area contributed by atoms with Crippen molar-refractivity contribution in [3.63, 3.8) is 0 Å². The van der Waals surface area contributed by atoms with Crippen LogP contribution in [-0.4, -0.2) is 0 Å². The number of hydrogen-bond donors (Lipinski definition) is 1. The molecule has 1 nitrogen and oxygen atoms in total. The summed E-state index contributed by atoms with van der Waals surface area (Å²) in [6.07, 6.45) is -2.62. The van der Waals surface area contributed by atoms with Crippen molar-refractivity contribution < 1.29 is 13.2 Å². The number of hydrogen-bond acceptors (Lipinski definition) is 1. The maximum atomic E-state index is 13.7. The lowest BCUT2D eigenvalue weighted by molar-refractivity contribution is 0.151. The zero-order valence-electron chi connectivity index (χ0n) is 9.75. The second kappa shape index (κ2) is 4.72. The minimum Gasteiger partial charge on any atom is -0.399 e. The lowest BCUT2D eigenvalue weighted by Crippen LogP contribution is -1.93. The highest BCUT2D eigenvalue weighted by atomic mass is 19.3. The number of nitrogen functional groups attached to an aromatic ring is 1. The molecule has 0 fully saturated rings. The molecular weight excluding hydrogens is 239 g/mol. The Balaban J connectivity index is 2.60. The molecule has 0 aliphatic heterocycles. The average molecular weight is 251 g/mol. The molecule has 0 spiro atoms. The van der Waals surface area contributed by atoms with Crippen molar-refractivity contribution in [1.29, 1.82) is 0 Å². The van der Waals surface area contributed by atoms with Crippen LogP contribution in [0.1, 0.15) is 17.6 Å². The molecule has 0 amide bonds. The number of rotatable bonds is 2. The van der Waals surface area contributed by atoms with E-state index in [2.05, 4.69) is 0 Å². The molecule has 0 unspecified atom stereocenters. The van der Waals surface area contributed by atoms with Crippen molar-refractivity contribution >= 4 is 5.69 Å². The van der Waals surface area contributed by atoms with Crippen LogP contribution in [0.15, 0.2) is 36.4 Å². The molecule has 0 aliphatic carbocycles. The molecule has 94 valence electrons. The summed E-state index contributed by atoms with van der Waals surface area (Å²) in [4.78, 5) is 0. The summed E-state index contributed by atoms with van der Waals surface area (Å²) in [5.74, 6) is -0.452. The smallest absolute Gasteiger partial charge is 0.263 e. The normalized spacial score (nSPS) is 10.9. The molecule has 2 aromatic rings. The van der Waals surface area contributed by atoms with E-state index in [0.29, 0.717) is 5.56 Å². The van der Waals surface area contributed by atoms with Crippen LogP contribution in [-0.2, 0) is 0 Å². The van der Waals surface area contributed by atoms with E-state index < -0.39 is 12.2 Å². The highest BCUT2D eigenvalue weighted by Crippen LogP contribution is 2.30. The van der Waals surface area contributed by atoms with Gasteiger partial charge in [0.2, 0.25) is 0 Å². The van der Waals surface area contributed by atoms with Gasteiger partial charge in [0.1, 0.15) is 5.82 Å². The van der Waals surface area contributed by atoms with Gasteiger partial charge in [-0.15, -0.1) is 0 Å². The van der Waals surface area contributed by atoms with Crippen molar-refractivity contribution in [2.45, 2.75) is 13.3 Å². The highest BCUT2D eigenvalue weighted by Gasteiger charge is 2.12. The molecule has 0 aliphatic rings. The fourth-order valence-electron chi connectivity index (χ4n) is 1.82. The van der Waals surface area contributed by atoms with Crippen LogP contribution in [0.4, 0.5) is 18.9 Å². The fourth-order valence-corrected chi connectivity index (χ4v) is 1.82. The van der Waals surface area contributed by atoms with Gasteiger partial charge in [0.15, 0.2) is 0 Å². The monoisotopic (exact) mass is 251 g/mol. The van der Waals surface area contributed by atoms with Gasteiger partial charge < -0.3 is 5.73 Å². The first-order valence-corrected chi connectivity index (χ1v) is 5.42. The Bertz CT molecular complexity index is 579. The average Bonchev–Trinajstić information content (AvgIpc) is 2.31. The first kappa shape index (κ1) is 12.5. The standard InChI is InChI=1S/C14H12F3N/c1-8-2-3-13(15)12(4-8)9-5-10(14(16)17)7-11(18)6-9/h2-7,14H,18H2,1H3. The number of nitrogens with two attached hydrogens (primary N) is 1. The Labute approximate surface area is 103 Å². The number of alkyl halides is 2. The Morgan fingerprint density at radius 2 is 1.78 bits per heavy atom. The van der Waals surface area contributed by atoms with Gasteiger partial charge >= 0.3 is 0 Å². The van der Waals surface area contributed by atoms with Crippen molar-refractivity contribution in [2.75, 3.05) is 5.73 Å². The molecule has 0 heterocycles. The second-order valence-corrected chi connectivity index (χ2v) is 4.17. The summed E-state index contributed by atoms with van der Waals surface area (Å²) in [6.45, 7) is 1.81. The minimum atomic E-state index is -2.62. The van der Waals surface area contributed by atoms with Crippen molar-refractivity contribution in [1.82, 2.24) is 0 Å². The maximum absolute atomic E-state index is 13.7. The van der Waals surface area contributed by atoms with Crippen LogP contribution in [0.5, 0.6) is 0 Å². The molecule has 0 aromatic heterocycles. The topological polar surface area (TPSA) is 26.0 Å². The summed E-state index contributed by atoms with van der Waals surface area (Å²) in [6, 6.07) is 8.50. The second-order valence-electron chi connectivity index (χ2n) is 4.17. The van der Waals surface area contributed by atoms with Crippen molar-refractivity contribution in [3.8, 4) is 11.1 Å². The van der Waals surface area contributed by atoms with Gasteiger partial charge in [-0.3, -0.25) is 0 Å². The van der Waals surface area contributed by atoms with Gasteiger partial charge in [0, 0.05) is 16.8 Å². The van der Waals surface area contributed by atoms with E-state index in [-0.39, 0.29) is 16.8 Å². The summed E-state index contributed by atoms with van der Waals surface area (Å²) >= 11 is 0. The van der Waals surface area contributed by atoms with Crippen LogP contribution in [0.3, 0.4) is 0 Å². The summed E-state index contributed by atoms with van der Waals surface area (Å²) < 4.78 is 39.0. The molecule has 2 N–H and O–H groups in total. The fraction of sp³-hybridized carbons (Fsp3) is 0.143. The van der Waals surface area contributed by atoms with Gasteiger partial charge in [-0.25, -0.2) is 13.2 Å². The van der Waals surface area contributed by atoms with E-state index in [1.54, 1.807) is 12.1 Å². The lowest BCUT2D eigenvalue weighted by Gasteiger charge is -2.09. The third kappa shape index (κ3) is 2.47. The van der Waals surface area contributed by atoms with E-state index in [0.717, 1.165) is 5.56 Å². The molecule has 0 radical (unpaired) electrons. The molecule has 0 bridgehead atoms. The maximum Gasteiger partial charge on any atom is 0.263 e. The highest BCUT2D eigenvalue weighted by molar-refractivity contribution is 5.69. The molecule has 18 heavy (non-hydrogen) atoms. The van der Waals surface area contributed by atoms with E-state index >= 15 is 0 Å². The third-order valence-electron chi connectivity index (χ3n) is 2.66. The van der Waals surface area contributed by atoms with E-state index in [4.69, 9.17) is 5.73 Å². The SMILES string of the molecule is Cc1ccc(F)c(-c2cc(N)cc(C(F)F)c2)c1.